The summed E-state index contributed by atoms with van der Waals surface area (Å²) >= 11 is 1.09. The Bertz CT molecular complexity index is 1470. The number of benzene rings is 2. The summed E-state index contributed by atoms with van der Waals surface area (Å²) in [5, 5.41) is 10.8. The number of hydrogen-bond acceptors (Lipinski definition) is 9. The number of carbonyl (C=O) groups excluding carboxylic acids is 2. The fourth-order valence-corrected chi connectivity index (χ4v) is 5.52. The molecule has 1 aromatic heterocycles. The van der Waals surface area contributed by atoms with Crippen LogP contribution < -0.4 is 19.5 Å². The number of amides is 3. The van der Waals surface area contributed by atoms with E-state index in [1.807, 2.05) is 42.0 Å². The maximum atomic E-state index is 13.7. The Hall–Kier alpha value is -4.17. The fraction of sp³-hybridized carbons (Fsp3) is 0.333. The highest BCUT2D eigenvalue weighted by atomic mass is 32.2. The third-order valence-corrected chi connectivity index (χ3v) is 8.51. The lowest BCUT2D eigenvalue weighted by atomic mass is 10.1. The number of aryl methyl sites for hydroxylation is 1. The minimum Gasteiger partial charge on any atom is -0.496 e. The van der Waals surface area contributed by atoms with Gasteiger partial charge in [-0.15, -0.1) is 11.3 Å². The molecule has 0 aliphatic heterocycles. The van der Waals surface area contributed by atoms with Gasteiger partial charge in [-0.05, 0) is 44.4 Å². The molecule has 3 aromatic rings. The number of nitrogens with one attached hydrogen (secondary N) is 2. The quantitative estimate of drug-likeness (QED) is 0.265. The smallest absolute Gasteiger partial charge is 0.405 e. The normalized spacial score (nSPS) is 11.8. The highest BCUT2D eigenvalue weighted by Crippen LogP contribution is 2.30. The second kappa shape index (κ2) is 13.9. The molecule has 14 heteroatoms. The molecular weight excluding hydrogens is 572 g/mol. The molecule has 220 valence electrons. The van der Waals surface area contributed by atoms with Gasteiger partial charge >= 0.3 is 6.09 Å². The zero-order valence-electron chi connectivity index (χ0n) is 23.0. The number of thiazole rings is 1. The van der Waals surface area contributed by atoms with Crippen LogP contribution in [0, 0.1) is 6.92 Å². The lowest BCUT2D eigenvalue weighted by Crippen LogP contribution is -2.45. The topological polar surface area (TPSA) is 164 Å². The Morgan fingerprint density at radius 3 is 2.32 bits per heavy atom. The van der Waals surface area contributed by atoms with Crippen molar-refractivity contribution in [3.05, 3.63) is 75.2 Å². The second-order valence-electron chi connectivity index (χ2n) is 9.02. The summed E-state index contributed by atoms with van der Waals surface area (Å²) < 4.78 is 37.3. The Morgan fingerprint density at radius 1 is 1.10 bits per heavy atom. The largest absolute Gasteiger partial charge is 0.496 e. The highest BCUT2D eigenvalue weighted by molar-refractivity contribution is 7.90. The van der Waals surface area contributed by atoms with Gasteiger partial charge in [-0.1, -0.05) is 30.3 Å². The van der Waals surface area contributed by atoms with Crippen LogP contribution in [0.4, 0.5) is 4.79 Å². The summed E-state index contributed by atoms with van der Waals surface area (Å²) in [4.78, 5) is 42.9. The van der Waals surface area contributed by atoms with Crippen molar-refractivity contribution in [1.82, 2.24) is 19.9 Å². The molecule has 41 heavy (non-hydrogen) atoms. The summed E-state index contributed by atoms with van der Waals surface area (Å²) in [7, 11) is -1.32. The standard InChI is InChI=1S/C27H32N4O8S2/c1-17-22(38-3)13-20(14-23(17)39-4)26(33)31(12-8-11-19-9-6-5-7-10-19)15-24-29-21(16-40-24)25(32)30-41(36,37)18(2)28-27(34)35/h5-7,9-10,13-14,16,18,28H,8,11-12,15H2,1-4H3,(H,30,32)(H,34,35). The molecule has 3 rings (SSSR count). The third-order valence-electron chi connectivity index (χ3n) is 6.16. The maximum absolute atomic E-state index is 13.7. The average Bonchev–Trinajstić information content (AvgIpc) is 3.41. The molecular formula is C27H32N4O8S2. The zero-order valence-corrected chi connectivity index (χ0v) is 24.7. The number of carboxylic acid groups (broad SMARTS) is 1. The van der Waals surface area contributed by atoms with Crippen molar-refractivity contribution in [2.75, 3.05) is 20.8 Å². The first kappa shape index (κ1) is 31.4. The van der Waals surface area contributed by atoms with Gasteiger partial charge in [0, 0.05) is 23.1 Å². The molecule has 0 saturated carbocycles. The molecule has 0 bridgehead atoms. The van der Waals surface area contributed by atoms with Crippen LogP contribution in [0.5, 0.6) is 11.5 Å². The number of carbonyl (C=O) groups is 3. The molecule has 1 atom stereocenters. The van der Waals surface area contributed by atoms with E-state index in [1.54, 1.807) is 22.3 Å². The summed E-state index contributed by atoms with van der Waals surface area (Å²) in [6.07, 6.45) is -0.162. The monoisotopic (exact) mass is 604 g/mol. The molecule has 3 N–H and O–H groups in total. The van der Waals surface area contributed by atoms with E-state index < -0.39 is 27.4 Å². The fourth-order valence-electron chi connectivity index (χ4n) is 3.94. The van der Waals surface area contributed by atoms with Gasteiger partial charge in [-0.25, -0.2) is 22.9 Å². The van der Waals surface area contributed by atoms with Crippen molar-refractivity contribution in [2.24, 2.45) is 0 Å². The molecule has 0 aliphatic carbocycles. The number of sulfonamides is 1. The Morgan fingerprint density at radius 2 is 1.73 bits per heavy atom. The Balaban J connectivity index is 1.82. The minimum absolute atomic E-state index is 0.0633. The van der Waals surface area contributed by atoms with Gasteiger partial charge in [0.1, 0.15) is 22.2 Å². The predicted octanol–water partition coefficient (Wildman–Crippen LogP) is 3.42. The van der Waals surface area contributed by atoms with E-state index >= 15 is 0 Å². The van der Waals surface area contributed by atoms with Crippen molar-refractivity contribution in [3.8, 4) is 11.5 Å². The zero-order chi connectivity index (χ0) is 30.2. The van der Waals surface area contributed by atoms with E-state index in [4.69, 9.17) is 14.6 Å². The van der Waals surface area contributed by atoms with Gasteiger partial charge in [0.15, 0.2) is 5.37 Å². The molecule has 0 aliphatic rings. The van der Waals surface area contributed by atoms with E-state index in [1.165, 1.54) is 19.6 Å². The summed E-state index contributed by atoms with van der Waals surface area (Å²) in [5.41, 5.74) is 2.05. The minimum atomic E-state index is -4.34. The van der Waals surface area contributed by atoms with Crippen LogP contribution in [0.15, 0.2) is 47.8 Å². The van der Waals surface area contributed by atoms with Gasteiger partial charge in [-0.2, -0.15) is 0 Å². The summed E-state index contributed by atoms with van der Waals surface area (Å²) in [6, 6.07) is 13.1. The van der Waals surface area contributed by atoms with Crippen molar-refractivity contribution in [2.45, 2.75) is 38.6 Å². The van der Waals surface area contributed by atoms with Crippen molar-refractivity contribution in [1.29, 1.82) is 0 Å². The number of aromatic nitrogens is 1. The van der Waals surface area contributed by atoms with Crippen LogP contribution >= 0.6 is 11.3 Å². The first-order chi connectivity index (χ1) is 19.4. The van der Waals surface area contributed by atoms with Crippen LogP contribution in [0.3, 0.4) is 0 Å². The Kier molecular flexibility index (Phi) is 10.7. The van der Waals surface area contributed by atoms with Gasteiger partial charge in [-0.3, -0.25) is 9.59 Å². The van der Waals surface area contributed by atoms with Crippen molar-refractivity contribution in [3.63, 3.8) is 0 Å². The number of ether oxygens (including phenoxy) is 2. The Labute approximate surface area is 242 Å². The first-order valence-electron chi connectivity index (χ1n) is 12.5. The van der Waals surface area contributed by atoms with Crippen LogP contribution in [-0.2, 0) is 23.0 Å². The predicted molar refractivity (Wildman–Crippen MR) is 153 cm³/mol. The highest BCUT2D eigenvalue weighted by Gasteiger charge is 2.27. The van der Waals surface area contributed by atoms with E-state index in [0.717, 1.165) is 35.8 Å². The van der Waals surface area contributed by atoms with Gasteiger partial charge in [0.2, 0.25) is 0 Å². The number of nitrogens with zero attached hydrogens (tertiary/aromatic N) is 2. The van der Waals surface area contributed by atoms with E-state index in [0.29, 0.717) is 35.0 Å². The second-order valence-corrected chi connectivity index (χ2v) is 12.0. The maximum Gasteiger partial charge on any atom is 0.405 e. The van der Waals surface area contributed by atoms with Crippen molar-refractivity contribution >= 4 is 39.3 Å². The molecule has 0 spiro atoms. The van der Waals surface area contributed by atoms with E-state index in [9.17, 15) is 22.8 Å². The van der Waals surface area contributed by atoms with Crippen LogP contribution in [0.2, 0.25) is 0 Å². The number of methoxy groups -OCH3 is 2. The van der Waals surface area contributed by atoms with Crippen molar-refractivity contribution < 1.29 is 37.4 Å². The SMILES string of the molecule is COc1cc(C(=O)N(CCCc2ccccc2)Cc2nc(C(=O)NS(=O)(=O)C(C)NC(=O)O)cs2)cc(OC)c1C. The molecule has 3 amide bonds. The van der Waals surface area contributed by atoms with Crippen LogP contribution in [0.1, 0.15) is 50.3 Å². The molecule has 2 aromatic carbocycles. The molecule has 0 fully saturated rings. The van der Waals surface area contributed by atoms with Gasteiger partial charge in [0.25, 0.3) is 21.8 Å². The molecule has 1 heterocycles. The van der Waals surface area contributed by atoms with E-state index in [2.05, 4.69) is 4.98 Å². The average molecular weight is 605 g/mol. The lowest BCUT2D eigenvalue weighted by molar-refractivity contribution is 0.0740. The summed E-state index contributed by atoms with van der Waals surface area (Å²) in [6.45, 7) is 3.35. The van der Waals surface area contributed by atoms with Crippen LogP contribution in [0.25, 0.3) is 0 Å². The number of rotatable bonds is 13. The van der Waals surface area contributed by atoms with Crippen LogP contribution in [-0.4, -0.2) is 67.5 Å². The number of hydrogen-bond donors (Lipinski definition) is 3. The molecule has 0 saturated heterocycles. The van der Waals surface area contributed by atoms with Gasteiger partial charge in [0.05, 0.1) is 20.8 Å². The van der Waals surface area contributed by atoms with E-state index in [-0.39, 0.29) is 18.1 Å². The lowest BCUT2D eigenvalue weighted by Gasteiger charge is -2.23. The third kappa shape index (κ3) is 8.41. The first-order valence-corrected chi connectivity index (χ1v) is 14.9. The molecule has 12 nitrogen and oxygen atoms in total. The molecule has 1 unspecified atom stereocenters. The molecule has 0 radical (unpaired) electrons. The summed E-state index contributed by atoms with van der Waals surface area (Å²) in [5.74, 6) is -0.315. The van der Waals surface area contributed by atoms with Gasteiger partial charge < -0.3 is 24.8 Å².